The Morgan fingerprint density at radius 2 is 2.53 bits per heavy atom. The molecule has 1 fully saturated rings. The van der Waals surface area contributed by atoms with E-state index in [1.165, 1.54) is 12.8 Å². The Kier molecular flexibility index (Phi) is 4.50. The minimum atomic E-state index is -0.108. The van der Waals surface area contributed by atoms with Crippen LogP contribution in [0.1, 0.15) is 23.3 Å². The van der Waals surface area contributed by atoms with Crippen LogP contribution in [0.3, 0.4) is 0 Å². The van der Waals surface area contributed by atoms with Crippen molar-refractivity contribution >= 4 is 21.8 Å². The number of carbonyl (C=O) groups is 1. The molecule has 1 aliphatic rings. The van der Waals surface area contributed by atoms with Gasteiger partial charge in [-0.1, -0.05) is 0 Å². The average Bonchev–Trinajstić information content (AvgIpc) is 2.38. The molecule has 1 aromatic rings. The fourth-order valence-corrected chi connectivity index (χ4v) is 2.41. The zero-order chi connectivity index (χ0) is 12.1. The van der Waals surface area contributed by atoms with Crippen molar-refractivity contribution in [2.45, 2.75) is 12.8 Å². The van der Waals surface area contributed by atoms with Crippen LogP contribution in [-0.2, 0) is 0 Å². The Morgan fingerprint density at radius 1 is 1.65 bits per heavy atom. The molecular formula is C12H16BrN3O. The van der Waals surface area contributed by atoms with Gasteiger partial charge in [-0.25, -0.2) is 4.98 Å². The number of nitrogens with zero attached hydrogens (tertiary/aromatic N) is 1. The lowest BCUT2D eigenvalue weighted by atomic mass is 10.00. The number of amides is 1. The molecule has 0 saturated carbocycles. The lowest BCUT2D eigenvalue weighted by molar-refractivity contribution is 0.0939. The van der Waals surface area contributed by atoms with Gasteiger partial charge in [-0.05, 0) is 59.9 Å². The lowest BCUT2D eigenvalue weighted by Crippen LogP contribution is -2.38. The highest BCUT2D eigenvalue weighted by Crippen LogP contribution is 2.13. The Hall–Kier alpha value is -0.940. The molecule has 0 bridgehead atoms. The van der Waals surface area contributed by atoms with Crippen molar-refractivity contribution in [1.82, 2.24) is 15.6 Å². The van der Waals surface area contributed by atoms with Crippen molar-refractivity contribution in [2.24, 2.45) is 5.92 Å². The summed E-state index contributed by atoms with van der Waals surface area (Å²) in [6.07, 6.45) is 3.99. The quantitative estimate of drug-likeness (QED) is 0.890. The second-order valence-electron chi connectivity index (χ2n) is 4.26. The molecule has 4 nitrogen and oxygen atoms in total. The van der Waals surface area contributed by atoms with Gasteiger partial charge in [-0.15, -0.1) is 0 Å². The summed E-state index contributed by atoms with van der Waals surface area (Å²) in [5.41, 5.74) is 0.455. The highest BCUT2D eigenvalue weighted by Gasteiger charge is 2.16. The largest absolute Gasteiger partial charge is 0.350 e. The molecule has 2 rings (SSSR count). The van der Waals surface area contributed by atoms with Crippen LogP contribution in [0.2, 0.25) is 0 Å². The van der Waals surface area contributed by atoms with Crippen LogP contribution in [0.5, 0.6) is 0 Å². The molecule has 5 heteroatoms. The van der Waals surface area contributed by atoms with Gasteiger partial charge in [0.05, 0.1) is 0 Å². The predicted molar refractivity (Wildman–Crippen MR) is 69.9 cm³/mol. The number of halogens is 1. The number of hydrogen-bond acceptors (Lipinski definition) is 3. The summed E-state index contributed by atoms with van der Waals surface area (Å²) in [6.45, 7) is 2.80. The van der Waals surface area contributed by atoms with E-state index in [1.807, 2.05) is 6.07 Å². The molecule has 1 unspecified atom stereocenters. The Morgan fingerprint density at radius 3 is 3.24 bits per heavy atom. The van der Waals surface area contributed by atoms with Gasteiger partial charge in [0.1, 0.15) is 5.69 Å². The third-order valence-corrected chi connectivity index (χ3v) is 3.56. The molecule has 0 aromatic carbocycles. The maximum atomic E-state index is 11.9. The maximum absolute atomic E-state index is 11.9. The van der Waals surface area contributed by atoms with E-state index < -0.39 is 0 Å². The van der Waals surface area contributed by atoms with Gasteiger partial charge in [-0.2, -0.15) is 0 Å². The molecule has 1 saturated heterocycles. The van der Waals surface area contributed by atoms with E-state index in [2.05, 4.69) is 31.5 Å². The van der Waals surface area contributed by atoms with Gasteiger partial charge in [0.2, 0.25) is 0 Å². The van der Waals surface area contributed by atoms with Crippen LogP contribution in [0.15, 0.2) is 22.8 Å². The third-order valence-electron chi connectivity index (χ3n) is 2.92. The first-order valence-corrected chi connectivity index (χ1v) is 6.66. The fourth-order valence-electron chi connectivity index (χ4n) is 1.97. The third kappa shape index (κ3) is 3.51. The summed E-state index contributed by atoms with van der Waals surface area (Å²) in [5, 5.41) is 6.27. The first-order chi connectivity index (χ1) is 8.27. The van der Waals surface area contributed by atoms with Gasteiger partial charge in [-0.3, -0.25) is 4.79 Å². The Balaban J connectivity index is 1.87. The van der Waals surface area contributed by atoms with Crippen molar-refractivity contribution in [3.8, 4) is 0 Å². The monoisotopic (exact) mass is 297 g/mol. The lowest BCUT2D eigenvalue weighted by Gasteiger charge is -2.22. The number of nitrogens with one attached hydrogen (secondary N) is 2. The maximum Gasteiger partial charge on any atom is 0.271 e. The van der Waals surface area contributed by atoms with Gasteiger partial charge < -0.3 is 10.6 Å². The number of carbonyl (C=O) groups excluding carboxylic acids is 1. The minimum Gasteiger partial charge on any atom is -0.350 e. The van der Waals surface area contributed by atoms with Crippen molar-refractivity contribution < 1.29 is 4.79 Å². The van der Waals surface area contributed by atoms with Gasteiger partial charge >= 0.3 is 0 Å². The molecule has 2 heterocycles. The van der Waals surface area contributed by atoms with Gasteiger partial charge in [0, 0.05) is 17.2 Å². The molecule has 92 valence electrons. The van der Waals surface area contributed by atoms with Gasteiger partial charge in [0.25, 0.3) is 5.91 Å². The molecule has 1 atom stereocenters. The molecule has 17 heavy (non-hydrogen) atoms. The molecule has 2 N–H and O–H groups in total. The molecule has 1 aliphatic heterocycles. The summed E-state index contributed by atoms with van der Waals surface area (Å²) in [4.78, 5) is 16.0. The SMILES string of the molecule is O=C(NCC1CCCNC1)c1ncccc1Br. The van der Waals surface area contributed by atoms with E-state index in [9.17, 15) is 4.79 Å². The summed E-state index contributed by atoms with van der Waals surface area (Å²) in [6, 6.07) is 3.62. The zero-order valence-corrected chi connectivity index (χ0v) is 11.2. The summed E-state index contributed by atoms with van der Waals surface area (Å²) in [7, 11) is 0. The van der Waals surface area contributed by atoms with E-state index in [0.717, 1.165) is 24.1 Å². The number of rotatable bonds is 3. The second kappa shape index (κ2) is 6.12. The summed E-state index contributed by atoms with van der Waals surface area (Å²) >= 11 is 3.33. The van der Waals surface area contributed by atoms with Crippen LogP contribution < -0.4 is 10.6 Å². The van der Waals surface area contributed by atoms with E-state index >= 15 is 0 Å². The summed E-state index contributed by atoms with van der Waals surface area (Å²) < 4.78 is 0.735. The van der Waals surface area contributed by atoms with E-state index in [-0.39, 0.29) is 5.91 Å². The molecule has 1 amide bonds. The standard InChI is InChI=1S/C12H16BrN3O/c13-10-4-2-6-15-11(10)12(17)16-8-9-3-1-5-14-7-9/h2,4,6,9,14H,1,3,5,7-8H2,(H,16,17). The topological polar surface area (TPSA) is 54.0 Å². The highest BCUT2D eigenvalue weighted by molar-refractivity contribution is 9.10. The van der Waals surface area contributed by atoms with E-state index in [1.54, 1.807) is 12.3 Å². The molecular weight excluding hydrogens is 282 g/mol. The van der Waals surface area contributed by atoms with E-state index in [4.69, 9.17) is 0 Å². The van der Waals surface area contributed by atoms with Crippen LogP contribution in [0, 0.1) is 5.92 Å². The minimum absolute atomic E-state index is 0.108. The molecule has 1 aromatic heterocycles. The van der Waals surface area contributed by atoms with Crippen molar-refractivity contribution in [3.63, 3.8) is 0 Å². The summed E-state index contributed by atoms with van der Waals surface area (Å²) in [5.74, 6) is 0.429. The van der Waals surface area contributed by atoms with Crippen molar-refractivity contribution in [2.75, 3.05) is 19.6 Å². The van der Waals surface area contributed by atoms with Crippen LogP contribution in [0.4, 0.5) is 0 Å². The first kappa shape index (κ1) is 12.5. The van der Waals surface area contributed by atoms with Gasteiger partial charge in [0.15, 0.2) is 0 Å². The normalized spacial score (nSPS) is 19.9. The van der Waals surface area contributed by atoms with Crippen molar-refractivity contribution in [3.05, 3.63) is 28.5 Å². The number of pyridine rings is 1. The number of piperidine rings is 1. The molecule has 0 aliphatic carbocycles. The molecule has 0 radical (unpaired) electrons. The van der Waals surface area contributed by atoms with E-state index in [0.29, 0.717) is 11.6 Å². The van der Waals surface area contributed by atoms with Crippen LogP contribution in [-0.4, -0.2) is 30.5 Å². The predicted octanol–water partition coefficient (Wildman–Crippen LogP) is 1.57. The number of hydrogen-bond donors (Lipinski definition) is 2. The average molecular weight is 298 g/mol. The van der Waals surface area contributed by atoms with Crippen LogP contribution in [0.25, 0.3) is 0 Å². The smallest absolute Gasteiger partial charge is 0.271 e. The Labute approximate surface area is 109 Å². The number of aromatic nitrogens is 1. The highest BCUT2D eigenvalue weighted by atomic mass is 79.9. The zero-order valence-electron chi connectivity index (χ0n) is 9.58. The van der Waals surface area contributed by atoms with Crippen LogP contribution >= 0.6 is 15.9 Å². The second-order valence-corrected chi connectivity index (χ2v) is 5.11. The molecule has 0 spiro atoms. The Bertz CT molecular complexity index is 391. The fraction of sp³-hybridized carbons (Fsp3) is 0.500. The first-order valence-electron chi connectivity index (χ1n) is 5.87. The van der Waals surface area contributed by atoms with Crippen molar-refractivity contribution in [1.29, 1.82) is 0 Å².